The first-order valence-corrected chi connectivity index (χ1v) is 10.2. The fraction of sp³-hybridized carbons (Fsp3) is 0.333. The molecule has 1 aromatic heterocycles. The summed E-state index contributed by atoms with van der Waals surface area (Å²) in [5, 5.41) is 14.3. The highest BCUT2D eigenvalue weighted by molar-refractivity contribution is 7.21. The quantitative estimate of drug-likeness (QED) is 0.706. The molecule has 0 fully saturated rings. The minimum atomic E-state index is -0.275. The van der Waals surface area contributed by atoms with E-state index in [1.165, 1.54) is 0 Å². The predicted molar refractivity (Wildman–Crippen MR) is 111 cm³/mol. The van der Waals surface area contributed by atoms with Crippen LogP contribution in [0, 0.1) is 0 Å². The number of rotatable bonds is 4. The Bertz CT molecular complexity index is 984. The molecule has 3 aromatic rings. The molecule has 1 atom stereocenters. The smallest absolute Gasteiger partial charge is 0.237 e. The lowest BCUT2D eigenvalue weighted by molar-refractivity contribution is -0.126. The molecule has 1 aliphatic heterocycles. The second-order valence-electron chi connectivity index (χ2n) is 6.86. The number of aromatic hydroxyl groups is 1. The third-order valence-corrected chi connectivity index (χ3v) is 6.05. The van der Waals surface area contributed by atoms with Crippen LogP contribution >= 0.6 is 11.3 Å². The van der Waals surface area contributed by atoms with Gasteiger partial charge in [0.15, 0.2) is 11.5 Å². The summed E-state index contributed by atoms with van der Waals surface area (Å²) in [6.07, 6.45) is 0. The maximum atomic E-state index is 12.3. The zero-order chi connectivity index (χ0) is 19.7. The lowest BCUT2D eigenvalue weighted by atomic mass is 10.1. The number of thiazole rings is 1. The topological polar surface area (TPSA) is 74.7 Å². The number of para-hydroxylation sites is 1. The molecule has 0 unspecified atom stereocenters. The normalized spacial score (nSPS) is 15.5. The lowest BCUT2D eigenvalue weighted by Crippen LogP contribution is -2.45. The van der Waals surface area contributed by atoms with Crippen LogP contribution in [0.5, 0.6) is 11.5 Å². The lowest BCUT2D eigenvalue weighted by Gasteiger charge is -2.26. The Morgan fingerprint density at radius 1 is 1.39 bits per heavy atom. The Morgan fingerprint density at radius 3 is 3.00 bits per heavy atom. The molecule has 4 rings (SSSR count). The van der Waals surface area contributed by atoms with E-state index in [0.717, 1.165) is 26.4 Å². The Labute approximate surface area is 167 Å². The minimum absolute atomic E-state index is 0.00232. The fourth-order valence-corrected chi connectivity index (χ4v) is 4.41. The van der Waals surface area contributed by atoms with Crippen LogP contribution in [-0.4, -0.2) is 46.6 Å². The van der Waals surface area contributed by atoms with E-state index in [1.807, 2.05) is 44.2 Å². The third-order valence-electron chi connectivity index (χ3n) is 4.96. The van der Waals surface area contributed by atoms with Gasteiger partial charge in [-0.2, -0.15) is 0 Å². The van der Waals surface area contributed by atoms with Crippen LogP contribution in [0.3, 0.4) is 0 Å². The molecule has 0 radical (unpaired) electrons. The number of amides is 1. The molecule has 28 heavy (non-hydrogen) atoms. The highest BCUT2D eigenvalue weighted by atomic mass is 32.1. The molecule has 0 saturated carbocycles. The first kappa shape index (κ1) is 18.7. The van der Waals surface area contributed by atoms with Gasteiger partial charge in [-0.15, -0.1) is 11.3 Å². The van der Waals surface area contributed by atoms with Gasteiger partial charge in [0.05, 0.1) is 16.3 Å². The van der Waals surface area contributed by atoms with Gasteiger partial charge in [0.2, 0.25) is 5.91 Å². The molecular weight excluding hydrogens is 374 g/mol. The Kier molecular flexibility index (Phi) is 5.19. The number of hydrogen-bond acceptors (Lipinski definition) is 6. The van der Waals surface area contributed by atoms with E-state index in [1.54, 1.807) is 17.4 Å². The van der Waals surface area contributed by atoms with E-state index in [-0.39, 0.29) is 17.7 Å². The summed E-state index contributed by atoms with van der Waals surface area (Å²) in [6.45, 7) is 5.97. The summed E-state index contributed by atoms with van der Waals surface area (Å²) < 4.78 is 6.91. The molecule has 6 nitrogen and oxygen atoms in total. The number of likely N-dealkylation sites (N-methyl/N-ethyl adjacent to an activating group) is 1. The number of fused-ring (bicyclic) bond motifs is 2. The van der Waals surface area contributed by atoms with Crippen molar-refractivity contribution in [2.75, 3.05) is 19.7 Å². The van der Waals surface area contributed by atoms with Crippen LogP contribution in [-0.2, 0) is 11.3 Å². The van der Waals surface area contributed by atoms with E-state index in [9.17, 15) is 9.90 Å². The molecular formula is C21H23N3O3S. The molecule has 2 aromatic carbocycles. The standard InChI is InChI=1S/C21H23N3O3S/c1-3-22-20(26)13(2)24-8-9-27-19-15(12-24)10-14(11-17(19)25)21-23-16-6-4-5-7-18(16)28-21/h4-7,10-11,13,25H,3,8-9,12H2,1-2H3,(H,22,26)/t13-/m1/s1. The van der Waals surface area contributed by atoms with Crippen LogP contribution in [0.4, 0.5) is 0 Å². The Balaban J connectivity index is 1.68. The third kappa shape index (κ3) is 3.55. The molecule has 1 amide bonds. The molecule has 2 heterocycles. The van der Waals surface area contributed by atoms with Crippen molar-refractivity contribution in [3.63, 3.8) is 0 Å². The predicted octanol–water partition coefficient (Wildman–Crippen LogP) is 3.39. The Morgan fingerprint density at radius 2 is 2.21 bits per heavy atom. The number of aromatic nitrogens is 1. The van der Waals surface area contributed by atoms with Gasteiger partial charge in [-0.1, -0.05) is 12.1 Å². The highest BCUT2D eigenvalue weighted by Crippen LogP contribution is 2.39. The molecule has 0 saturated heterocycles. The maximum Gasteiger partial charge on any atom is 0.237 e. The second kappa shape index (κ2) is 7.77. The molecule has 146 valence electrons. The first-order valence-electron chi connectivity index (χ1n) is 9.43. The van der Waals surface area contributed by atoms with Crippen molar-refractivity contribution >= 4 is 27.5 Å². The molecule has 0 aliphatic carbocycles. The monoisotopic (exact) mass is 397 g/mol. The van der Waals surface area contributed by atoms with Crippen molar-refractivity contribution in [2.45, 2.75) is 26.4 Å². The number of phenols is 1. The average Bonchev–Trinajstić information content (AvgIpc) is 3.00. The summed E-state index contributed by atoms with van der Waals surface area (Å²) in [5.41, 5.74) is 2.66. The number of ether oxygens (including phenoxy) is 1. The van der Waals surface area contributed by atoms with E-state index >= 15 is 0 Å². The van der Waals surface area contributed by atoms with Gasteiger partial charge in [-0.05, 0) is 38.1 Å². The number of hydrogen-bond donors (Lipinski definition) is 2. The van der Waals surface area contributed by atoms with Crippen LogP contribution in [0.15, 0.2) is 36.4 Å². The van der Waals surface area contributed by atoms with Crippen LogP contribution in [0.1, 0.15) is 19.4 Å². The van der Waals surface area contributed by atoms with Gasteiger partial charge in [0.25, 0.3) is 0 Å². The van der Waals surface area contributed by atoms with Gasteiger partial charge in [-0.25, -0.2) is 4.98 Å². The van der Waals surface area contributed by atoms with Crippen LogP contribution in [0.2, 0.25) is 0 Å². The van der Waals surface area contributed by atoms with E-state index in [2.05, 4.69) is 10.2 Å². The number of phenolic OH excluding ortho intramolecular Hbond substituents is 1. The fourth-order valence-electron chi connectivity index (χ4n) is 3.46. The number of carbonyl (C=O) groups excluding carboxylic acids is 1. The molecule has 1 aliphatic rings. The van der Waals surface area contributed by atoms with Gasteiger partial charge in [-0.3, -0.25) is 9.69 Å². The summed E-state index contributed by atoms with van der Waals surface area (Å²) in [5.74, 6) is 0.604. The van der Waals surface area contributed by atoms with E-state index in [0.29, 0.717) is 32.0 Å². The van der Waals surface area contributed by atoms with Crippen LogP contribution in [0.25, 0.3) is 20.8 Å². The van der Waals surface area contributed by atoms with Crippen molar-refractivity contribution < 1.29 is 14.6 Å². The Hall–Kier alpha value is -2.64. The van der Waals surface area contributed by atoms with Crippen molar-refractivity contribution in [2.24, 2.45) is 0 Å². The van der Waals surface area contributed by atoms with Gasteiger partial charge >= 0.3 is 0 Å². The number of carbonyl (C=O) groups is 1. The molecule has 2 N–H and O–H groups in total. The average molecular weight is 398 g/mol. The summed E-state index contributed by atoms with van der Waals surface area (Å²) in [4.78, 5) is 19.0. The summed E-state index contributed by atoms with van der Waals surface area (Å²) in [6, 6.07) is 11.4. The largest absolute Gasteiger partial charge is 0.504 e. The van der Waals surface area contributed by atoms with Crippen molar-refractivity contribution in [3.05, 3.63) is 42.0 Å². The summed E-state index contributed by atoms with van der Waals surface area (Å²) in [7, 11) is 0. The van der Waals surface area contributed by atoms with E-state index < -0.39 is 0 Å². The van der Waals surface area contributed by atoms with Crippen molar-refractivity contribution in [3.8, 4) is 22.1 Å². The number of benzene rings is 2. The van der Waals surface area contributed by atoms with E-state index in [4.69, 9.17) is 9.72 Å². The molecule has 0 bridgehead atoms. The van der Waals surface area contributed by atoms with Gasteiger partial charge in [0.1, 0.15) is 11.6 Å². The first-order chi connectivity index (χ1) is 13.6. The minimum Gasteiger partial charge on any atom is -0.504 e. The van der Waals surface area contributed by atoms with Gasteiger partial charge in [0, 0.05) is 30.8 Å². The zero-order valence-electron chi connectivity index (χ0n) is 15.9. The SMILES string of the molecule is CCNC(=O)[C@@H](C)N1CCOc2c(O)cc(-c3nc4ccccc4s3)cc2C1. The van der Waals surface area contributed by atoms with Crippen molar-refractivity contribution in [1.29, 1.82) is 0 Å². The highest BCUT2D eigenvalue weighted by Gasteiger charge is 2.26. The van der Waals surface area contributed by atoms with Crippen molar-refractivity contribution in [1.82, 2.24) is 15.2 Å². The molecule has 0 spiro atoms. The molecule has 7 heteroatoms. The maximum absolute atomic E-state index is 12.3. The summed E-state index contributed by atoms with van der Waals surface area (Å²) >= 11 is 1.59. The van der Waals surface area contributed by atoms with Crippen LogP contribution < -0.4 is 10.1 Å². The number of nitrogens with one attached hydrogen (secondary N) is 1. The zero-order valence-corrected chi connectivity index (χ0v) is 16.8. The van der Waals surface area contributed by atoms with Gasteiger partial charge < -0.3 is 15.2 Å². The second-order valence-corrected chi connectivity index (χ2v) is 7.89. The number of nitrogens with zero attached hydrogens (tertiary/aromatic N) is 2.